The van der Waals surface area contributed by atoms with E-state index in [4.69, 9.17) is 4.74 Å². The molecular formula is C26H42N4O5. The van der Waals surface area contributed by atoms with E-state index in [2.05, 4.69) is 17.2 Å². The van der Waals surface area contributed by atoms with Gasteiger partial charge < -0.3 is 20.3 Å². The van der Waals surface area contributed by atoms with Crippen molar-refractivity contribution in [2.75, 3.05) is 11.9 Å². The zero-order chi connectivity index (χ0) is 25.5. The van der Waals surface area contributed by atoms with E-state index in [1.54, 1.807) is 0 Å². The monoisotopic (exact) mass is 490 g/mol. The van der Waals surface area contributed by atoms with Gasteiger partial charge in [0.2, 0.25) is 5.91 Å². The maximum absolute atomic E-state index is 12.4. The molecule has 1 aliphatic rings. The van der Waals surface area contributed by atoms with Crippen molar-refractivity contribution in [3.8, 4) is 6.07 Å². The number of carbonyl (C=O) groups is 1. The van der Waals surface area contributed by atoms with Crippen molar-refractivity contribution in [2.45, 2.75) is 115 Å². The fourth-order valence-electron chi connectivity index (χ4n) is 4.46. The lowest BCUT2D eigenvalue weighted by Gasteiger charge is -2.16. The average molecular weight is 491 g/mol. The molecule has 2 rings (SSSR count). The first-order valence-electron chi connectivity index (χ1n) is 13.2. The second-order valence-corrected chi connectivity index (χ2v) is 9.44. The van der Waals surface area contributed by atoms with Crippen LogP contribution in [0.4, 0.5) is 5.82 Å². The molecule has 1 aromatic heterocycles. The maximum atomic E-state index is 12.4. The van der Waals surface area contributed by atoms with Crippen LogP contribution in [0.15, 0.2) is 17.1 Å². The van der Waals surface area contributed by atoms with Crippen LogP contribution in [-0.2, 0) is 9.53 Å². The molecule has 0 radical (unpaired) electrons. The molecule has 0 aromatic carbocycles. The third-order valence-corrected chi connectivity index (χ3v) is 6.58. The van der Waals surface area contributed by atoms with E-state index in [0.717, 1.165) is 23.8 Å². The summed E-state index contributed by atoms with van der Waals surface area (Å²) in [5, 5.41) is 31.3. The lowest BCUT2D eigenvalue weighted by molar-refractivity contribution is -0.116. The molecule has 9 heteroatoms. The van der Waals surface area contributed by atoms with Crippen molar-refractivity contribution in [1.29, 1.82) is 5.26 Å². The Hall–Kier alpha value is -2.28. The number of nitrogens with one attached hydrogen (secondary N) is 1. The maximum Gasteiger partial charge on any atom is 0.351 e. The number of unbranched alkanes of at least 4 members (excludes halogenated alkanes) is 12. The highest BCUT2D eigenvalue weighted by Gasteiger charge is 2.45. The fraction of sp³-hybridized carbons (Fsp3) is 0.769. The van der Waals surface area contributed by atoms with Crippen LogP contribution in [0.5, 0.6) is 0 Å². The lowest BCUT2D eigenvalue weighted by atomic mass is 10.0. The van der Waals surface area contributed by atoms with E-state index in [-0.39, 0.29) is 11.7 Å². The highest BCUT2D eigenvalue weighted by atomic mass is 16.5. The van der Waals surface area contributed by atoms with Gasteiger partial charge >= 0.3 is 5.69 Å². The van der Waals surface area contributed by atoms with Gasteiger partial charge in [0.15, 0.2) is 6.23 Å². The minimum atomic E-state index is -1.21. The number of hydrogen-bond acceptors (Lipinski definition) is 7. The molecule has 9 nitrogen and oxygen atoms in total. The third kappa shape index (κ3) is 9.71. The molecule has 0 saturated carbocycles. The smallest absolute Gasteiger partial charge is 0.351 e. The number of aliphatic hydroxyl groups is 2. The number of nitrogens with zero attached hydrogens (tertiary/aromatic N) is 3. The van der Waals surface area contributed by atoms with Gasteiger partial charge in [0.1, 0.15) is 23.9 Å². The molecule has 2 heterocycles. The number of carbonyl (C=O) groups excluding carboxylic acids is 1. The Morgan fingerprint density at radius 3 is 2.17 bits per heavy atom. The minimum Gasteiger partial charge on any atom is -0.394 e. The second kappa shape index (κ2) is 16.4. The number of rotatable bonds is 17. The largest absolute Gasteiger partial charge is 0.394 e. The van der Waals surface area contributed by atoms with E-state index < -0.39 is 36.7 Å². The van der Waals surface area contributed by atoms with Gasteiger partial charge in [0.25, 0.3) is 0 Å². The van der Waals surface area contributed by atoms with E-state index in [9.17, 15) is 25.1 Å². The molecule has 1 fully saturated rings. The Kier molecular flexibility index (Phi) is 13.6. The third-order valence-electron chi connectivity index (χ3n) is 6.58. The second-order valence-electron chi connectivity index (χ2n) is 9.44. The standard InChI is InChI=1S/C26H42N4O5/c1-2-3-4-5-6-7-8-9-10-11-12-13-14-15-23(32)28-22-16-17-30(26(34)29-22)25-20(18-27)24(33)21(19-31)35-25/h16-17,20-21,24-25,31,33H,2-15,19H2,1H3,(H,28,29,32,34)/t20-,21+,24-,25?/m0/s1. The number of amides is 1. The van der Waals surface area contributed by atoms with Crippen LogP contribution in [0.3, 0.4) is 0 Å². The predicted molar refractivity (Wildman–Crippen MR) is 134 cm³/mol. The highest BCUT2D eigenvalue weighted by molar-refractivity contribution is 5.89. The summed E-state index contributed by atoms with van der Waals surface area (Å²) in [4.78, 5) is 28.5. The molecule has 0 bridgehead atoms. The van der Waals surface area contributed by atoms with Crippen LogP contribution in [0.2, 0.25) is 0 Å². The molecular weight excluding hydrogens is 448 g/mol. The first kappa shape index (κ1) is 29.0. The Bertz CT molecular complexity index is 853. The Morgan fingerprint density at radius 1 is 1.09 bits per heavy atom. The van der Waals surface area contributed by atoms with E-state index in [1.165, 1.54) is 76.5 Å². The van der Waals surface area contributed by atoms with Crippen molar-refractivity contribution in [1.82, 2.24) is 9.55 Å². The fourth-order valence-corrected chi connectivity index (χ4v) is 4.46. The molecule has 1 saturated heterocycles. The number of hydrogen-bond donors (Lipinski definition) is 3. The summed E-state index contributed by atoms with van der Waals surface area (Å²) < 4.78 is 6.55. The highest BCUT2D eigenvalue weighted by Crippen LogP contribution is 2.33. The zero-order valence-electron chi connectivity index (χ0n) is 21.0. The van der Waals surface area contributed by atoms with Gasteiger partial charge in [-0.05, 0) is 12.5 Å². The summed E-state index contributed by atoms with van der Waals surface area (Å²) in [5.41, 5.74) is -0.709. The van der Waals surface area contributed by atoms with Gasteiger partial charge in [-0.1, -0.05) is 84.0 Å². The summed E-state index contributed by atoms with van der Waals surface area (Å²) in [6.45, 7) is 1.78. The summed E-state index contributed by atoms with van der Waals surface area (Å²) in [5.74, 6) is -1.07. The van der Waals surface area contributed by atoms with Gasteiger partial charge in [-0.3, -0.25) is 9.36 Å². The Morgan fingerprint density at radius 2 is 1.66 bits per heavy atom. The number of aliphatic hydroxyl groups excluding tert-OH is 2. The zero-order valence-corrected chi connectivity index (χ0v) is 21.0. The van der Waals surface area contributed by atoms with E-state index >= 15 is 0 Å². The first-order chi connectivity index (χ1) is 17.0. The molecule has 3 N–H and O–H groups in total. The quantitative estimate of drug-likeness (QED) is 0.280. The first-order valence-corrected chi connectivity index (χ1v) is 13.2. The molecule has 196 valence electrons. The summed E-state index contributed by atoms with van der Waals surface area (Å²) in [7, 11) is 0. The van der Waals surface area contributed by atoms with Crippen LogP contribution in [0.25, 0.3) is 0 Å². The van der Waals surface area contributed by atoms with Gasteiger partial charge in [0.05, 0.1) is 12.7 Å². The molecule has 4 atom stereocenters. The number of ether oxygens (including phenoxy) is 1. The van der Waals surface area contributed by atoms with Crippen LogP contribution >= 0.6 is 0 Å². The molecule has 1 unspecified atom stereocenters. The van der Waals surface area contributed by atoms with Crippen LogP contribution in [0.1, 0.15) is 103 Å². The van der Waals surface area contributed by atoms with Crippen LogP contribution < -0.4 is 11.0 Å². The van der Waals surface area contributed by atoms with Crippen LogP contribution in [-0.4, -0.2) is 44.5 Å². The molecule has 1 aromatic rings. The Balaban J connectivity index is 1.62. The number of anilines is 1. The molecule has 0 spiro atoms. The van der Waals surface area contributed by atoms with E-state index in [1.807, 2.05) is 6.07 Å². The topological polar surface area (TPSA) is 137 Å². The molecule has 1 aliphatic heterocycles. The van der Waals surface area contributed by atoms with Crippen molar-refractivity contribution in [2.24, 2.45) is 5.92 Å². The van der Waals surface area contributed by atoms with Gasteiger partial charge in [-0.15, -0.1) is 0 Å². The molecule has 35 heavy (non-hydrogen) atoms. The number of aromatic nitrogens is 2. The SMILES string of the molecule is CCCCCCCCCCCCCCCC(=O)Nc1ccn(C2O[C@H](CO)[C@@H](O)[C@@H]2C#N)c(=O)n1. The number of nitriles is 1. The summed E-state index contributed by atoms with van der Waals surface area (Å²) in [6, 6.07) is 3.37. The minimum absolute atomic E-state index is 0.136. The van der Waals surface area contributed by atoms with Gasteiger partial charge in [-0.25, -0.2) is 4.79 Å². The average Bonchev–Trinajstić information content (AvgIpc) is 3.17. The Labute approximate surface area is 208 Å². The normalized spacial score (nSPS) is 21.7. The van der Waals surface area contributed by atoms with Crippen molar-refractivity contribution >= 4 is 11.7 Å². The van der Waals surface area contributed by atoms with Crippen molar-refractivity contribution in [3.63, 3.8) is 0 Å². The lowest BCUT2D eigenvalue weighted by Crippen LogP contribution is -2.32. The summed E-state index contributed by atoms with van der Waals surface area (Å²) in [6.07, 6.45) is 14.7. The van der Waals surface area contributed by atoms with Gasteiger partial charge in [0, 0.05) is 12.6 Å². The molecule has 0 aliphatic carbocycles. The van der Waals surface area contributed by atoms with E-state index in [0.29, 0.717) is 6.42 Å². The molecule has 1 amide bonds. The van der Waals surface area contributed by atoms with Gasteiger partial charge in [-0.2, -0.15) is 10.2 Å². The van der Waals surface area contributed by atoms with Crippen molar-refractivity contribution < 1.29 is 19.7 Å². The van der Waals surface area contributed by atoms with Crippen LogP contribution in [0, 0.1) is 17.2 Å². The summed E-state index contributed by atoms with van der Waals surface area (Å²) >= 11 is 0. The van der Waals surface area contributed by atoms with Crippen molar-refractivity contribution in [3.05, 3.63) is 22.7 Å². The predicted octanol–water partition coefficient (Wildman–Crippen LogP) is 4.05.